The Morgan fingerprint density at radius 1 is 1.00 bits per heavy atom. The largest absolute Gasteiger partial charge is 0.452 e. The molecule has 0 aromatic heterocycles. The van der Waals surface area contributed by atoms with Crippen molar-refractivity contribution in [3.05, 3.63) is 70.8 Å². The molecule has 156 valence electrons. The average Bonchev–Trinajstić information content (AvgIpc) is 2.97. The molecule has 0 fully saturated rings. The van der Waals surface area contributed by atoms with Gasteiger partial charge >= 0.3 is 5.97 Å². The van der Waals surface area contributed by atoms with Crippen molar-refractivity contribution in [2.75, 3.05) is 13.2 Å². The fourth-order valence-corrected chi connectivity index (χ4v) is 3.13. The maximum Gasteiger partial charge on any atom is 0.338 e. The molecule has 2 aromatic carbocycles. The van der Waals surface area contributed by atoms with Crippen LogP contribution in [0.15, 0.2) is 48.5 Å². The van der Waals surface area contributed by atoms with E-state index < -0.39 is 5.97 Å². The summed E-state index contributed by atoms with van der Waals surface area (Å²) in [7, 11) is 0. The second kappa shape index (κ2) is 9.35. The summed E-state index contributed by atoms with van der Waals surface area (Å²) in [6, 6.07) is 13.1. The minimum atomic E-state index is -0.641. The van der Waals surface area contributed by atoms with Crippen LogP contribution in [0.4, 0.5) is 0 Å². The van der Waals surface area contributed by atoms with E-state index in [0.717, 1.165) is 11.3 Å². The van der Waals surface area contributed by atoms with Crippen molar-refractivity contribution in [3.63, 3.8) is 0 Å². The summed E-state index contributed by atoms with van der Waals surface area (Å²) in [5.74, 6) is -1.24. The third-order valence-electron chi connectivity index (χ3n) is 4.76. The highest BCUT2D eigenvalue weighted by molar-refractivity contribution is 6.21. The molecule has 2 aromatic rings. The molecule has 1 heterocycles. The molecule has 0 saturated heterocycles. The van der Waals surface area contributed by atoms with Crippen molar-refractivity contribution in [2.45, 2.75) is 26.8 Å². The molecule has 7 nitrogen and oxygen atoms in total. The Morgan fingerprint density at radius 3 is 2.30 bits per heavy atom. The monoisotopic (exact) mass is 408 g/mol. The molecule has 1 aliphatic heterocycles. The van der Waals surface area contributed by atoms with Gasteiger partial charge < -0.3 is 10.1 Å². The Hall–Kier alpha value is -3.48. The number of ether oxygens (including phenoxy) is 1. The van der Waals surface area contributed by atoms with E-state index in [2.05, 4.69) is 19.2 Å². The molecule has 1 N–H and O–H groups in total. The summed E-state index contributed by atoms with van der Waals surface area (Å²) < 4.78 is 5.07. The molecule has 0 aliphatic carbocycles. The summed E-state index contributed by atoms with van der Waals surface area (Å²) in [5, 5.41) is 2.70. The Labute approximate surface area is 175 Å². The van der Waals surface area contributed by atoms with Gasteiger partial charge in [0.15, 0.2) is 6.61 Å². The topological polar surface area (TPSA) is 92.8 Å². The summed E-state index contributed by atoms with van der Waals surface area (Å²) in [6.45, 7) is 4.33. The highest BCUT2D eigenvalue weighted by atomic mass is 16.5. The van der Waals surface area contributed by atoms with Gasteiger partial charge in [-0.15, -0.1) is 0 Å². The molecule has 0 bridgehead atoms. The van der Waals surface area contributed by atoms with Crippen LogP contribution >= 0.6 is 0 Å². The number of amides is 3. The van der Waals surface area contributed by atoms with E-state index in [1.54, 1.807) is 48.5 Å². The molecule has 30 heavy (non-hydrogen) atoms. The Morgan fingerprint density at radius 2 is 1.67 bits per heavy atom. The highest BCUT2D eigenvalue weighted by Crippen LogP contribution is 2.24. The highest BCUT2D eigenvalue weighted by Gasteiger charge is 2.35. The van der Waals surface area contributed by atoms with E-state index in [4.69, 9.17) is 4.74 Å². The van der Waals surface area contributed by atoms with E-state index in [0.29, 0.717) is 29.2 Å². The maximum absolute atomic E-state index is 12.5. The van der Waals surface area contributed by atoms with E-state index >= 15 is 0 Å². The fourth-order valence-electron chi connectivity index (χ4n) is 3.13. The minimum Gasteiger partial charge on any atom is -0.452 e. The first-order valence-corrected chi connectivity index (χ1v) is 9.85. The summed E-state index contributed by atoms with van der Waals surface area (Å²) in [5.41, 5.74) is 1.61. The molecule has 0 spiro atoms. The number of benzene rings is 2. The van der Waals surface area contributed by atoms with E-state index in [-0.39, 0.29) is 36.4 Å². The van der Waals surface area contributed by atoms with Crippen molar-refractivity contribution in [3.8, 4) is 0 Å². The van der Waals surface area contributed by atoms with Gasteiger partial charge in [-0.2, -0.15) is 0 Å². The van der Waals surface area contributed by atoms with Gasteiger partial charge in [0, 0.05) is 6.54 Å². The van der Waals surface area contributed by atoms with Gasteiger partial charge in [-0.05, 0) is 42.2 Å². The van der Waals surface area contributed by atoms with Crippen molar-refractivity contribution in [1.29, 1.82) is 0 Å². The van der Waals surface area contributed by atoms with E-state index in [1.165, 1.54) is 0 Å². The van der Waals surface area contributed by atoms with Gasteiger partial charge in [0.1, 0.15) is 0 Å². The van der Waals surface area contributed by atoms with Crippen LogP contribution < -0.4 is 5.32 Å². The molecule has 0 atom stereocenters. The zero-order valence-corrected chi connectivity index (χ0v) is 17.0. The van der Waals surface area contributed by atoms with Crippen molar-refractivity contribution in [1.82, 2.24) is 10.2 Å². The lowest BCUT2D eigenvalue weighted by atomic mass is 10.1. The van der Waals surface area contributed by atoms with Crippen molar-refractivity contribution < 1.29 is 23.9 Å². The van der Waals surface area contributed by atoms with Crippen LogP contribution in [0.2, 0.25) is 0 Å². The molecule has 7 heteroatoms. The van der Waals surface area contributed by atoms with Crippen LogP contribution in [0.1, 0.15) is 56.9 Å². The molecular weight excluding hydrogens is 384 g/mol. The van der Waals surface area contributed by atoms with Crippen molar-refractivity contribution in [2.24, 2.45) is 5.92 Å². The first-order valence-electron chi connectivity index (χ1n) is 9.85. The lowest BCUT2D eigenvalue weighted by Crippen LogP contribution is -2.30. The summed E-state index contributed by atoms with van der Waals surface area (Å²) in [6.07, 6.45) is 0.847. The quantitative estimate of drug-likeness (QED) is 0.536. The smallest absolute Gasteiger partial charge is 0.338 e. The Kier molecular flexibility index (Phi) is 6.61. The predicted octanol–water partition coefficient (Wildman–Crippen LogP) is 2.80. The van der Waals surface area contributed by atoms with Gasteiger partial charge in [0.25, 0.3) is 17.7 Å². The molecule has 1 aliphatic rings. The number of carbonyl (C=O) groups excluding carboxylic acids is 4. The summed E-state index contributed by atoms with van der Waals surface area (Å²) >= 11 is 0. The van der Waals surface area contributed by atoms with Gasteiger partial charge in [-0.1, -0.05) is 38.1 Å². The second-order valence-electron chi connectivity index (χ2n) is 7.55. The van der Waals surface area contributed by atoms with Crippen LogP contribution in [0.5, 0.6) is 0 Å². The van der Waals surface area contributed by atoms with Crippen LogP contribution in [-0.2, 0) is 16.1 Å². The van der Waals surface area contributed by atoms with Gasteiger partial charge in [-0.25, -0.2) is 4.79 Å². The second-order valence-corrected chi connectivity index (χ2v) is 7.55. The van der Waals surface area contributed by atoms with Crippen molar-refractivity contribution >= 4 is 23.7 Å². The standard InChI is InChI=1S/C23H24N2O5/c1-15(2)10-11-24-20(26)14-30-23(29)17-7-5-6-16(12-17)13-25-21(27)18-8-3-4-9-19(18)22(25)28/h3-9,12,15H,10-11,13-14H2,1-2H3,(H,24,26). The van der Waals surface area contributed by atoms with Gasteiger partial charge in [-0.3, -0.25) is 19.3 Å². The molecule has 0 unspecified atom stereocenters. The lowest BCUT2D eigenvalue weighted by molar-refractivity contribution is -0.124. The zero-order chi connectivity index (χ0) is 21.7. The number of nitrogens with one attached hydrogen (secondary N) is 1. The maximum atomic E-state index is 12.5. The molecule has 0 radical (unpaired) electrons. The van der Waals surface area contributed by atoms with Gasteiger partial charge in [0.05, 0.1) is 23.2 Å². The molecule has 3 amide bonds. The first-order chi connectivity index (χ1) is 14.4. The molecule has 0 saturated carbocycles. The first kappa shape index (κ1) is 21.2. The van der Waals surface area contributed by atoms with Crippen LogP contribution in [0.25, 0.3) is 0 Å². The summed E-state index contributed by atoms with van der Waals surface area (Å²) in [4.78, 5) is 50.2. The Balaban J connectivity index is 1.59. The third kappa shape index (κ3) is 4.92. The Bertz CT molecular complexity index is 948. The van der Waals surface area contributed by atoms with Crippen LogP contribution in [0.3, 0.4) is 0 Å². The molecule has 3 rings (SSSR count). The third-order valence-corrected chi connectivity index (χ3v) is 4.76. The number of nitrogens with zero attached hydrogens (tertiary/aromatic N) is 1. The normalized spacial score (nSPS) is 12.8. The number of esters is 1. The number of hydrogen-bond acceptors (Lipinski definition) is 5. The average molecular weight is 408 g/mol. The number of fused-ring (bicyclic) bond motifs is 1. The van der Waals surface area contributed by atoms with E-state index in [1.807, 2.05) is 0 Å². The SMILES string of the molecule is CC(C)CCNC(=O)COC(=O)c1cccc(CN2C(=O)c3ccccc3C2=O)c1. The number of rotatable bonds is 8. The predicted molar refractivity (Wildman–Crippen MR) is 110 cm³/mol. The zero-order valence-electron chi connectivity index (χ0n) is 17.0. The fraction of sp³-hybridized carbons (Fsp3) is 0.304. The van der Waals surface area contributed by atoms with E-state index in [9.17, 15) is 19.2 Å². The number of imide groups is 1. The lowest BCUT2D eigenvalue weighted by Gasteiger charge is -2.14. The van der Waals surface area contributed by atoms with Crippen LogP contribution in [0, 0.1) is 5.92 Å². The minimum absolute atomic E-state index is 0.0448. The number of hydrogen-bond donors (Lipinski definition) is 1. The van der Waals surface area contributed by atoms with Crippen LogP contribution in [-0.4, -0.2) is 41.7 Å². The van der Waals surface area contributed by atoms with Gasteiger partial charge in [0.2, 0.25) is 0 Å². The number of carbonyl (C=O) groups is 4. The molecular formula is C23H24N2O5.